The maximum absolute atomic E-state index is 10.5. The first kappa shape index (κ1) is 25.3. The highest BCUT2D eigenvalue weighted by Crippen LogP contribution is 2.00. The second-order valence-corrected chi connectivity index (χ2v) is 5.81. The molecule has 1 unspecified atom stereocenters. The standard InChI is InChI=1S/C6H10O3.C4H10O3S.C3H5NO/c1-5(2)6(8)9-4-3-7;1-3-4(2)8(5,6)7;1-2-3(4)5/h7H,1,3-4H2,2H3;4H,3H2,1-2H3,(H,5,6,7);2H,1H2,(H2,4,5). The molecule has 130 valence electrons. The van der Waals surface area contributed by atoms with Gasteiger partial charge in [-0.3, -0.25) is 9.35 Å². The lowest BCUT2D eigenvalue weighted by atomic mass is 10.4. The Morgan fingerprint density at radius 3 is 1.95 bits per heavy atom. The molecular formula is C13H25NO7S. The van der Waals surface area contributed by atoms with Gasteiger partial charge in [-0.15, -0.1) is 0 Å². The van der Waals surface area contributed by atoms with Crippen LogP contribution in [-0.2, 0) is 24.4 Å². The molecule has 0 aliphatic rings. The maximum Gasteiger partial charge on any atom is 0.333 e. The summed E-state index contributed by atoms with van der Waals surface area (Å²) in [6.45, 7) is 11.1. The van der Waals surface area contributed by atoms with Crippen molar-refractivity contribution >= 4 is 22.0 Å². The molecule has 1 amide bonds. The third-order valence-corrected chi connectivity index (χ3v) is 3.31. The summed E-state index contributed by atoms with van der Waals surface area (Å²) in [6, 6.07) is 0. The highest BCUT2D eigenvalue weighted by atomic mass is 32.2. The molecule has 0 bridgehead atoms. The fourth-order valence-corrected chi connectivity index (χ4v) is 0.893. The zero-order valence-electron chi connectivity index (χ0n) is 13.1. The van der Waals surface area contributed by atoms with Crippen molar-refractivity contribution in [2.75, 3.05) is 13.2 Å². The summed E-state index contributed by atoms with van der Waals surface area (Å²) in [5, 5.41) is 7.57. The minimum Gasteiger partial charge on any atom is -0.460 e. The number of hydrogen-bond donors (Lipinski definition) is 3. The summed E-state index contributed by atoms with van der Waals surface area (Å²) in [5.41, 5.74) is 4.89. The van der Waals surface area contributed by atoms with Crippen LogP contribution in [0.1, 0.15) is 27.2 Å². The van der Waals surface area contributed by atoms with Gasteiger partial charge in [0.2, 0.25) is 5.91 Å². The quantitative estimate of drug-likeness (QED) is 0.361. The third kappa shape index (κ3) is 20.6. The van der Waals surface area contributed by atoms with Crippen molar-refractivity contribution < 1.29 is 32.4 Å². The van der Waals surface area contributed by atoms with Crippen LogP contribution in [0.4, 0.5) is 0 Å². The smallest absolute Gasteiger partial charge is 0.333 e. The van der Waals surface area contributed by atoms with Crippen LogP contribution in [0.25, 0.3) is 0 Å². The molecule has 0 aliphatic carbocycles. The first-order chi connectivity index (χ1) is 9.93. The molecule has 0 aromatic carbocycles. The van der Waals surface area contributed by atoms with E-state index in [0.717, 1.165) is 6.08 Å². The number of ether oxygens (including phenoxy) is 1. The van der Waals surface area contributed by atoms with E-state index in [9.17, 15) is 18.0 Å². The molecule has 0 saturated heterocycles. The first-order valence-corrected chi connectivity index (χ1v) is 7.75. The topological polar surface area (TPSA) is 144 Å². The number of aliphatic hydroxyl groups is 1. The molecule has 0 spiro atoms. The van der Waals surface area contributed by atoms with Crippen LogP contribution < -0.4 is 5.73 Å². The second kappa shape index (κ2) is 14.2. The largest absolute Gasteiger partial charge is 0.460 e. The lowest BCUT2D eigenvalue weighted by molar-refractivity contribution is -0.139. The molecule has 22 heavy (non-hydrogen) atoms. The van der Waals surface area contributed by atoms with Gasteiger partial charge in [0.1, 0.15) is 6.61 Å². The number of carbonyl (C=O) groups excluding carboxylic acids is 2. The second-order valence-electron chi connectivity index (χ2n) is 3.98. The lowest BCUT2D eigenvalue weighted by Gasteiger charge is -2.00. The Morgan fingerprint density at radius 1 is 1.41 bits per heavy atom. The number of carbonyl (C=O) groups is 2. The van der Waals surface area contributed by atoms with E-state index in [1.807, 2.05) is 0 Å². The molecule has 0 fully saturated rings. The molecule has 0 heterocycles. The maximum atomic E-state index is 10.5. The number of esters is 1. The molecule has 9 heteroatoms. The van der Waals surface area contributed by atoms with E-state index < -0.39 is 27.2 Å². The average Bonchev–Trinajstić information content (AvgIpc) is 2.43. The molecule has 4 N–H and O–H groups in total. The lowest BCUT2D eigenvalue weighted by Crippen LogP contribution is -2.14. The van der Waals surface area contributed by atoms with Crippen molar-refractivity contribution in [3.63, 3.8) is 0 Å². The van der Waals surface area contributed by atoms with Gasteiger partial charge in [0.25, 0.3) is 10.1 Å². The van der Waals surface area contributed by atoms with E-state index in [-0.39, 0.29) is 13.2 Å². The van der Waals surface area contributed by atoms with E-state index in [2.05, 4.69) is 23.6 Å². The van der Waals surface area contributed by atoms with Crippen LogP contribution in [0.3, 0.4) is 0 Å². The number of rotatable bonds is 6. The average molecular weight is 339 g/mol. The molecule has 0 aromatic heterocycles. The van der Waals surface area contributed by atoms with E-state index in [1.54, 1.807) is 13.8 Å². The normalized spacial score (nSPS) is 10.8. The van der Waals surface area contributed by atoms with Gasteiger partial charge < -0.3 is 15.6 Å². The van der Waals surface area contributed by atoms with Gasteiger partial charge in [0, 0.05) is 5.57 Å². The highest BCUT2D eigenvalue weighted by Gasteiger charge is 2.13. The van der Waals surface area contributed by atoms with Gasteiger partial charge in [-0.2, -0.15) is 8.42 Å². The highest BCUT2D eigenvalue weighted by molar-refractivity contribution is 7.86. The van der Waals surface area contributed by atoms with Crippen LogP contribution >= 0.6 is 0 Å². The summed E-state index contributed by atoms with van der Waals surface area (Å²) in [6.07, 6.45) is 1.51. The minimum atomic E-state index is -3.75. The van der Waals surface area contributed by atoms with E-state index in [4.69, 9.17) is 9.66 Å². The third-order valence-electron chi connectivity index (χ3n) is 1.96. The summed E-state index contributed by atoms with van der Waals surface area (Å²) in [4.78, 5) is 19.9. The summed E-state index contributed by atoms with van der Waals surface area (Å²) in [5.74, 6) is -0.936. The number of nitrogens with two attached hydrogens (primary N) is 1. The fourth-order valence-electron chi connectivity index (χ4n) is 0.472. The van der Waals surface area contributed by atoms with Crippen molar-refractivity contribution in [1.29, 1.82) is 0 Å². The Bertz CT molecular complexity index is 457. The van der Waals surface area contributed by atoms with Crippen LogP contribution in [0, 0.1) is 0 Å². The zero-order valence-corrected chi connectivity index (χ0v) is 13.9. The molecule has 0 aliphatic heterocycles. The Hall–Kier alpha value is -1.71. The van der Waals surface area contributed by atoms with Crippen molar-refractivity contribution in [3.8, 4) is 0 Å². The zero-order chi connectivity index (χ0) is 18.3. The molecule has 1 atom stereocenters. The number of hydrogen-bond acceptors (Lipinski definition) is 6. The molecular weight excluding hydrogens is 314 g/mol. The number of amides is 1. The molecule has 0 rings (SSSR count). The number of aliphatic hydroxyl groups excluding tert-OH is 1. The number of primary amides is 1. The van der Waals surface area contributed by atoms with E-state index in [1.165, 1.54) is 6.92 Å². The van der Waals surface area contributed by atoms with E-state index in [0.29, 0.717) is 12.0 Å². The van der Waals surface area contributed by atoms with Crippen molar-refractivity contribution in [2.45, 2.75) is 32.4 Å². The predicted octanol–water partition coefficient (Wildman–Crippen LogP) is 0.428. The minimum absolute atomic E-state index is 0.0473. The monoisotopic (exact) mass is 339 g/mol. The molecule has 0 aromatic rings. The summed E-state index contributed by atoms with van der Waals surface area (Å²) in [7, 11) is -3.75. The van der Waals surface area contributed by atoms with Gasteiger partial charge >= 0.3 is 5.97 Å². The Kier molecular flexibility index (Phi) is 16.3. The molecule has 8 nitrogen and oxygen atoms in total. The summed E-state index contributed by atoms with van der Waals surface area (Å²) >= 11 is 0. The van der Waals surface area contributed by atoms with Crippen molar-refractivity contribution in [3.05, 3.63) is 24.8 Å². The molecule has 0 radical (unpaired) electrons. The van der Waals surface area contributed by atoms with Crippen molar-refractivity contribution in [2.24, 2.45) is 5.73 Å². The Morgan fingerprint density at radius 2 is 1.82 bits per heavy atom. The predicted molar refractivity (Wildman–Crippen MR) is 83.6 cm³/mol. The van der Waals surface area contributed by atoms with Crippen LogP contribution in [0.5, 0.6) is 0 Å². The van der Waals surface area contributed by atoms with Gasteiger partial charge in [-0.25, -0.2) is 4.79 Å². The van der Waals surface area contributed by atoms with Gasteiger partial charge in [-0.05, 0) is 26.3 Å². The van der Waals surface area contributed by atoms with Crippen LogP contribution in [0.15, 0.2) is 24.8 Å². The Labute approximate surface area is 131 Å². The van der Waals surface area contributed by atoms with Crippen molar-refractivity contribution in [1.82, 2.24) is 0 Å². The van der Waals surface area contributed by atoms with Gasteiger partial charge in [0.15, 0.2) is 0 Å². The molecule has 0 saturated carbocycles. The fraction of sp³-hybridized carbons (Fsp3) is 0.538. The Balaban J connectivity index is -0.000000257. The van der Waals surface area contributed by atoms with Gasteiger partial charge in [0.05, 0.1) is 11.9 Å². The first-order valence-electron chi connectivity index (χ1n) is 6.25. The summed E-state index contributed by atoms with van der Waals surface area (Å²) < 4.78 is 33.0. The van der Waals surface area contributed by atoms with Gasteiger partial charge in [-0.1, -0.05) is 20.1 Å². The SMILES string of the molecule is C=C(C)C(=O)OCCO.C=CC(N)=O.CCC(C)S(=O)(=O)O. The van der Waals surface area contributed by atoms with Crippen LogP contribution in [0.2, 0.25) is 0 Å². The van der Waals surface area contributed by atoms with E-state index >= 15 is 0 Å². The van der Waals surface area contributed by atoms with Crippen LogP contribution in [-0.4, -0.2) is 48.4 Å².